The molecule has 0 fully saturated rings. The first-order chi connectivity index (χ1) is 20.3. The number of carbonyl (C=O) groups excluding carboxylic acids is 2. The number of nitrogens with one attached hydrogen (secondary N) is 1. The summed E-state index contributed by atoms with van der Waals surface area (Å²) in [7, 11) is 0. The molecule has 1 unspecified atom stereocenters. The lowest BCUT2D eigenvalue weighted by Gasteiger charge is -2.26. The van der Waals surface area contributed by atoms with Crippen LogP contribution in [0.3, 0.4) is 0 Å². The number of thioether (sulfide) groups is 1. The van der Waals surface area contributed by atoms with Crippen molar-refractivity contribution in [2.75, 3.05) is 16.9 Å². The van der Waals surface area contributed by atoms with E-state index in [1.807, 2.05) is 79.9 Å². The van der Waals surface area contributed by atoms with Gasteiger partial charge in [-0.1, -0.05) is 60.7 Å². The maximum Gasteiger partial charge on any atom is 0.326 e. The number of hydrogen-bond acceptors (Lipinski definition) is 5. The predicted molar refractivity (Wildman–Crippen MR) is 170 cm³/mol. The summed E-state index contributed by atoms with van der Waals surface area (Å²) in [6, 6.07) is 29.8. The van der Waals surface area contributed by atoms with Gasteiger partial charge in [0.2, 0.25) is 5.91 Å². The van der Waals surface area contributed by atoms with Crippen molar-refractivity contribution in [2.45, 2.75) is 32.5 Å². The van der Waals surface area contributed by atoms with E-state index in [1.165, 1.54) is 11.8 Å². The quantitative estimate of drug-likeness (QED) is 0.181. The molecule has 1 atom stereocenters. The molecule has 8 heteroatoms. The van der Waals surface area contributed by atoms with E-state index in [0.717, 1.165) is 33.5 Å². The topological polar surface area (TPSA) is 113 Å². The molecule has 0 saturated heterocycles. The molecule has 4 rings (SSSR count). The minimum absolute atomic E-state index is 0.336. The van der Waals surface area contributed by atoms with Crippen molar-refractivity contribution < 1.29 is 19.5 Å². The molecular weight excluding hydrogens is 546 g/mol. The van der Waals surface area contributed by atoms with Gasteiger partial charge in [0.25, 0.3) is 5.91 Å². The van der Waals surface area contributed by atoms with E-state index in [0.29, 0.717) is 36.4 Å². The van der Waals surface area contributed by atoms with E-state index in [4.69, 9.17) is 5.73 Å². The number of rotatable bonds is 13. The fourth-order valence-corrected chi connectivity index (χ4v) is 5.29. The minimum atomic E-state index is -1.05. The van der Waals surface area contributed by atoms with Gasteiger partial charge in [-0.25, -0.2) is 4.79 Å². The molecule has 0 aromatic heterocycles. The van der Waals surface area contributed by atoms with Crippen LogP contribution in [0.25, 0.3) is 11.1 Å². The molecular formula is C34H35N3O4S. The number of benzene rings is 4. The second kappa shape index (κ2) is 14.4. The molecule has 0 saturated carbocycles. The number of amides is 2. The van der Waals surface area contributed by atoms with Crippen LogP contribution in [0, 0.1) is 6.92 Å². The summed E-state index contributed by atoms with van der Waals surface area (Å²) in [6.07, 6.45) is 2.24. The maximum absolute atomic E-state index is 13.5. The molecule has 0 aliphatic rings. The van der Waals surface area contributed by atoms with Gasteiger partial charge in [0.05, 0.1) is 0 Å². The number of aryl methyl sites for hydroxylation is 1. The van der Waals surface area contributed by atoms with E-state index >= 15 is 0 Å². The van der Waals surface area contributed by atoms with Crippen LogP contribution < -0.4 is 16.0 Å². The fraction of sp³-hybridized carbons (Fsp3) is 0.206. The first kappa shape index (κ1) is 30.4. The zero-order valence-electron chi connectivity index (χ0n) is 23.7. The monoisotopic (exact) mass is 581 g/mol. The highest BCUT2D eigenvalue weighted by Crippen LogP contribution is 2.30. The van der Waals surface area contributed by atoms with Gasteiger partial charge in [0.15, 0.2) is 0 Å². The van der Waals surface area contributed by atoms with Crippen molar-refractivity contribution in [3.63, 3.8) is 0 Å². The van der Waals surface area contributed by atoms with Crippen LogP contribution in [0.2, 0.25) is 0 Å². The number of primary amides is 1. The first-order valence-electron chi connectivity index (χ1n) is 13.7. The third-order valence-corrected chi connectivity index (χ3v) is 7.73. The first-order valence-corrected chi connectivity index (χ1v) is 15.1. The number of hydrogen-bond donors (Lipinski definition) is 3. The fourth-order valence-electron chi connectivity index (χ4n) is 4.81. The summed E-state index contributed by atoms with van der Waals surface area (Å²) < 4.78 is 0. The Labute approximate surface area is 250 Å². The molecule has 0 spiro atoms. The van der Waals surface area contributed by atoms with Gasteiger partial charge < -0.3 is 21.1 Å². The summed E-state index contributed by atoms with van der Waals surface area (Å²) >= 11 is 1.54. The predicted octanol–water partition coefficient (Wildman–Crippen LogP) is 5.90. The number of nitrogens with two attached hydrogens (primary N) is 1. The van der Waals surface area contributed by atoms with E-state index in [-0.39, 0.29) is 0 Å². The lowest BCUT2D eigenvalue weighted by molar-refractivity contribution is -0.139. The van der Waals surface area contributed by atoms with Crippen LogP contribution >= 0.6 is 11.8 Å². The minimum Gasteiger partial charge on any atom is -0.480 e. The highest BCUT2D eigenvalue weighted by molar-refractivity contribution is 7.98. The van der Waals surface area contributed by atoms with Crippen molar-refractivity contribution in [1.82, 2.24) is 5.32 Å². The largest absolute Gasteiger partial charge is 0.480 e. The van der Waals surface area contributed by atoms with Crippen LogP contribution in [0.5, 0.6) is 0 Å². The molecule has 4 aromatic rings. The van der Waals surface area contributed by atoms with Gasteiger partial charge in [-0.05, 0) is 89.6 Å². The molecule has 7 nitrogen and oxygen atoms in total. The molecule has 0 radical (unpaired) electrons. The van der Waals surface area contributed by atoms with Gasteiger partial charge in [-0.3, -0.25) is 9.59 Å². The van der Waals surface area contributed by atoms with E-state index in [2.05, 4.69) is 22.3 Å². The standard InChI is InChI=1S/C34H35N3O4S/c1-23-8-6-7-11-28(23)30-20-25(12-17-29(30)33(39)36-31(34(40)41)18-19-42-2)22-37(21-24-9-4-3-5-10-24)27-15-13-26(14-16-27)32(35)38/h3-17,20,31H,18-19,21-22H2,1-2H3,(H2,35,38)(H,36,39)(H,40,41). The molecule has 4 N–H and O–H groups in total. The van der Waals surface area contributed by atoms with Crippen molar-refractivity contribution in [3.8, 4) is 11.1 Å². The van der Waals surface area contributed by atoms with Gasteiger partial charge in [0, 0.05) is 29.9 Å². The number of carbonyl (C=O) groups is 3. The molecule has 2 amide bonds. The number of carboxylic acid groups (broad SMARTS) is 1. The molecule has 0 aliphatic heterocycles. The van der Waals surface area contributed by atoms with Crippen LogP contribution in [-0.2, 0) is 17.9 Å². The van der Waals surface area contributed by atoms with Gasteiger partial charge in [-0.2, -0.15) is 11.8 Å². The van der Waals surface area contributed by atoms with E-state index in [1.54, 1.807) is 18.2 Å². The molecule has 216 valence electrons. The Kier molecular flexibility index (Phi) is 10.4. The zero-order valence-corrected chi connectivity index (χ0v) is 24.6. The summed E-state index contributed by atoms with van der Waals surface area (Å²) in [5, 5.41) is 12.4. The van der Waals surface area contributed by atoms with E-state index < -0.39 is 23.8 Å². The third-order valence-electron chi connectivity index (χ3n) is 7.08. The average Bonchev–Trinajstić information content (AvgIpc) is 2.99. The Morgan fingerprint density at radius 2 is 1.52 bits per heavy atom. The highest BCUT2D eigenvalue weighted by atomic mass is 32.2. The lowest BCUT2D eigenvalue weighted by Crippen LogP contribution is -2.41. The van der Waals surface area contributed by atoms with Crippen molar-refractivity contribution >= 4 is 35.2 Å². The van der Waals surface area contributed by atoms with Crippen molar-refractivity contribution in [2.24, 2.45) is 5.73 Å². The summed E-state index contributed by atoms with van der Waals surface area (Å²) in [5.41, 5.74) is 12.0. The Morgan fingerprint density at radius 3 is 2.17 bits per heavy atom. The maximum atomic E-state index is 13.5. The summed E-state index contributed by atoms with van der Waals surface area (Å²) in [4.78, 5) is 39.2. The van der Waals surface area contributed by atoms with E-state index in [9.17, 15) is 19.5 Å². The second-order valence-electron chi connectivity index (χ2n) is 10.1. The Balaban J connectivity index is 1.72. The zero-order chi connectivity index (χ0) is 30.1. The number of carboxylic acids is 1. The smallest absolute Gasteiger partial charge is 0.326 e. The van der Waals surface area contributed by atoms with Crippen molar-refractivity contribution in [1.29, 1.82) is 0 Å². The highest BCUT2D eigenvalue weighted by Gasteiger charge is 2.23. The molecule has 0 heterocycles. The lowest BCUT2D eigenvalue weighted by atomic mass is 9.93. The van der Waals surface area contributed by atoms with Crippen LogP contribution in [0.15, 0.2) is 97.1 Å². The molecule has 0 bridgehead atoms. The average molecular weight is 582 g/mol. The Hall–Kier alpha value is -4.56. The Bertz CT molecular complexity index is 1540. The number of anilines is 1. The molecule has 42 heavy (non-hydrogen) atoms. The summed E-state index contributed by atoms with van der Waals surface area (Å²) in [6.45, 7) is 3.13. The van der Waals surface area contributed by atoms with Crippen LogP contribution in [-0.4, -0.2) is 40.9 Å². The molecule has 0 aliphatic carbocycles. The molecule has 4 aromatic carbocycles. The van der Waals surface area contributed by atoms with Gasteiger partial charge in [0.1, 0.15) is 6.04 Å². The number of nitrogens with zero attached hydrogens (tertiary/aromatic N) is 1. The van der Waals surface area contributed by atoms with Gasteiger partial charge >= 0.3 is 5.97 Å². The number of aliphatic carboxylic acids is 1. The van der Waals surface area contributed by atoms with Crippen molar-refractivity contribution in [3.05, 3.63) is 125 Å². The van der Waals surface area contributed by atoms with Gasteiger partial charge in [-0.15, -0.1) is 0 Å². The third kappa shape index (κ3) is 7.79. The van der Waals surface area contributed by atoms with Crippen LogP contribution in [0.1, 0.15) is 43.8 Å². The Morgan fingerprint density at radius 1 is 0.857 bits per heavy atom. The summed E-state index contributed by atoms with van der Waals surface area (Å²) in [5.74, 6) is -1.33. The van der Waals surface area contributed by atoms with Crippen LogP contribution in [0.4, 0.5) is 5.69 Å². The second-order valence-corrected chi connectivity index (χ2v) is 11.1. The normalized spacial score (nSPS) is 11.5. The SMILES string of the molecule is CSCCC(NC(=O)c1ccc(CN(Cc2ccccc2)c2ccc(C(N)=O)cc2)cc1-c1ccccc1C)C(=O)O.